The Morgan fingerprint density at radius 2 is 2.10 bits per heavy atom. The third-order valence-corrected chi connectivity index (χ3v) is 2.91. The van der Waals surface area contributed by atoms with Gasteiger partial charge >= 0.3 is 0 Å². The maximum atomic E-state index is 2.40. The SMILES string of the molecule is CC1(C2C=CC=CC2)CC1. The predicted molar refractivity (Wildman–Crippen MR) is 43.7 cm³/mol. The van der Waals surface area contributed by atoms with Gasteiger partial charge in [0.25, 0.3) is 0 Å². The van der Waals surface area contributed by atoms with Crippen LogP contribution in [-0.2, 0) is 0 Å². The van der Waals surface area contributed by atoms with Crippen molar-refractivity contribution < 1.29 is 0 Å². The maximum Gasteiger partial charge on any atom is -0.0142 e. The molecule has 0 nitrogen and oxygen atoms in total. The van der Waals surface area contributed by atoms with Gasteiger partial charge in [-0.15, -0.1) is 0 Å². The van der Waals surface area contributed by atoms with E-state index in [2.05, 4.69) is 31.2 Å². The van der Waals surface area contributed by atoms with Gasteiger partial charge in [0.15, 0.2) is 0 Å². The quantitative estimate of drug-likeness (QED) is 0.517. The summed E-state index contributed by atoms with van der Waals surface area (Å²) in [5.41, 5.74) is 0.682. The van der Waals surface area contributed by atoms with Crippen molar-refractivity contribution in [3.63, 3.8) is 0 Å². The van der Waals surface area contributed by atoms with Gasteiger partial charge in [0.05, 0.1) is 0 Å². The summed E-state index contributed by atoms with van der Waals surface area (Å²) in [4.78, 5) is 0. The molecule has 1 saturated carbocycles. The summed E-state index contributed by atoms with van der Waals surface area (Å²) >= 11 is 0. The van der Waals surface area contributed by atoms with Crippen molar-refractivity contribution in [1.82, 2.24) is 0 Å². The minimum atomic E-state index is 0.682. The molecule has 0 radical (unpaired) electrons. The summed E-state index contributed by atoms with van der Waals surface area (Å²) in [5.74, 6) is 0.845. The van der Waals surface area contributed by atoms with Crippen LogP contribution < -0.4 is 0 Å². The van der Waals surface area contributed by atoms with E-state index in [1.807, 2.05) is 0 Å². The molecule has 2 aliphatic rings. The predicted octanol–water partition coefficient (Wildman–Crippen LogP) is 2.92. The Balaban J connectivity index is 2.06. The summed E-state index contributed by atoms with van der Waals surface area (Å²) in [6.07, 6.45) is 13.2. The van der Waals surface area contributed by atoms with E-state index in [-0.39, 0.29) is 0 Å². The molecule has 0 spiro atoms. The van der Waals surface area contributed by atoms with Gasteiger partial charge in [-0.05, 0) is 30.6 Å². The number of hydrogen-bond donors (Lipinski definition) is 0. The lowest BCUT2D eigenvalue weighted by Gasteiger charge is -2.19. The van der Waals surface area contributed by atoms with Gasteiger partial charge in [0, 0.05) is 0 Å². The van der Waals surface area contributed by atoms with Crippen LogP contribution in [0.5, 0.6) is 0 Å². The van der Waals surface area contributed by atoms with Crippen LogP contribution >= 0.6 is 0 Å². The average Bonchev–Trinajstić information content (AvgIpc) is 2.72. The highest BCUT2D eigenvalue weighted by Crippen LogP contribution is 2.53. The molecule has 1 fully saturated rings. The summed E-state index contributed by atoms with van der Waals surface area (Å²) < 4.78 is 0. The van der Waals surface area contributed by atoms with Crippen LogP contribution in [0.2, 0.25) is 0 Å². The lowest BCUT2D eigenvalue weighted by atomic mass is 9.86. The molecule has 0 saturated heterocycles. The Bertz CT molecular complexity index is 182. The van der Waals surface area contributed by atoms with Gasteiger partial charge in [-0.25, -0.2) is 0 Å². The van der Waals surface area contributed by atoms with Crippen LogP contribution in [-0.4, -0.2) is 0 Å². The molecule has 0 N–H and O–H groups in total. The van der Waals surface area contributed by atoms with Crippen molar-refractivity contribution in [3.05, 3.63) is 24.3 Å². The standard InChI is InChI=1S/C10H14/c1-10(7-8-10)9-5-3-2-4-6-9/h2-5,9H,6-8H2,1H3. The van der Waals surface area contributed by atoms with E-state index >= 15 is 0 Å². The summed E-state index contributed by atoms with van der Waals surface area (Å²) in [6.45, 7) is 2.40. The van der Waals surface area contributed by atoms with Crippen LogP contribution in [0.15, 0.2) is 24.3 Å². The van der Waals surface area contributed by atoms with E-state index in [1.54, 1.807) is 0 Å². The van der Waals surface area contributed by atoms with Crippen LogP contribution in [0.3, 0.4) is 0 Å². The van der Waals surface area contributed by atoms with Gasteiger partial charge in [-0.1, -0.05) is 31.2 Å². The van der Waals surface area contributed by atoms with Crippen molar-refractivity contribution in [1.29, 1.82) is 0 Å². The largest absolute Gasteiger partial charge is 0.0839 e. The molecule has 0 aromatic heterocycles. The smallest absolute Gasteiger partial charge is 0.0142 e. The maximum absolute atomic E-state index is 2.40. The number of rotatable bonds is 1. The summed E-state index contributed by atoms with van der Waals surface area (Å²) in [6, 6.07) is 0. The lowest BCUT2D eigenvalue weighted by molar-refractivity contribution is 0.408. The average molecular weight is 134 g/mol. The van der Waals surface area contributed by atoms with E-state index in [4.69, 9.17) is 0 Å². The fourth-order valence-electron chi connectivity index (χ4n) is 1.67. The molecule has 0 aromatic rings. The van der Waals surface area contributed by atoms with E-state index < -0.39 is 0 Å². The topological polar surface area (TPSA) is 0 Å². The monoisotopic (exact) mass is 134 g/mol. The minimum absolute atomic E-state index is 0.682. The van der Waals surface area contributed by atoms with Crippen molar-refractivity contribution >= 4 is 0 Å². The van der Waals surface area contributed by atoms with Gasteiger partial charge in [0.2, 0.25) is 0 Å². The number of allylic oxidation sites excluding steroid dienone is 4. The Morgan fingerprint density at radius 1 is 1.30 bits per heavy atom. The van der Waals surface area contributed by atoms with E-state index in [0.29, 0.717) is 5.41 Å². The van der Waals surface area contributed by atoms with E-state index in [9.17, 15) is 0 Å². The van der Waals surface area contributed by atoms with Crippen LogP contribution in [0, 0.1) is 11.3 Å². The summed E-state index contributed by atoms with van der Waals surface area (Å²) in [7, 11) is 0. The molecule has 0 aromatic carbocycles. The third kappa shape index (κ3) is 0.920. The zero-order valence-corrected chi connectivity index (χ0v) is 6.51. The minimum Gasteiger partial charge on any atom is -0.0839 e. The second kappa shape index (κ2) is 1.98. The Morgan fingerprint density at radius 3 is 2.60 bits per heavy atom. The fraction of sp³-hybridized carbons (Fsp3) is 0.600. The van der Waals surface area contributed by atoms with E-state index in [1.165, 1.54) is 19.3 Å². The van der Waals surface area contributed by atoms with Gasteiger partial charge in [-0.3, -0.25) is 0 Å². The molecule has 0 heterocycles. The molecule has 10 heavy (non-hydrogen) atoms. The second-order valence-corrected chi connectivity index (χ2v) is 3.81. The van der Waals surface area contributed by atoms with Crippen molar-refractivity contribution in [2.75, 3.05) is 0 Å². The van der Waals surface area contributed by atoms with Crippen LogP contribution in [0.4, 0.5) is 0 Å². The van der Waals surface area contributed by atoms with Crippen LogP contribution in [0.1, 0.15) is 26.2 Å². The Kier molecular flexibility index (Phi) is 1.23. The van der Waals surface area contributed by atoms with Crippen molar-refractivity contribution in [2.45, 2.75) is 26.2 Å². The molecule has 1 unspecified atom stereocenters. The first-order valence-corrected chi connectivity index (χ1v) is 4.15. The molecule has 2 rings (SSSR count). The molecule has 0 bridgehead atoms. The summed E-state index contributed by atoms with van der Waals surface area (Å²) in [5, 5.41) is 0. The zero-order valence-electron chi connectivity index (χ0n) is 6.51. The lowest BCUT2D eigenvalue weighted by Crippen LogP contribution is -2.09. The molecule has 0 aliphatic heterocycles. The Labute approximate surface area is 62.6 Å². The molecular formula is C10H14. The third-order valence-electron chi connectivity index (χ3n) is 2.91. The molecule has 2 aliphatic carbocycles. The highest BCUT2D eigenvalue weighted by Gasteiger charge is 2.42. The highest BCUT2D eigenvalue weighted by molar-refractivity contribution is 5.16. The van der Waals surface area contributed by atoms with Crippen molar-refractivity contribution in [2.24, 2.45) is 11.3 Å². The Hall–Kier alpha value is -0.520. The highest BCUT2D eigenvalue weighted by atomic mass is 14.5. The molecule has 1 atom stereocenters. The van der Waals surface area contributed by atoms with E-state index in [0.717, 1.165) is 5.92 Å². The first-order chi connectivity index (χ1) is 4.81. The molecular weight excluding hydrogens is 120 g/mol. The zero-order chi connectivity index (χ0) is 7.03. The molecule has 0 amide bonds. The second-order valence-electron chi connectivity index (χ2n) is 3.81. The van der Waals surface area contributed by atoms with Gasteiger partial charge in [0.1, 0.15) is 0 Å². The first kappa shape index (κ1) is 6.21. The van der Waals surface area contributed by atoms with Gasteiger partial charge in [-0.2, -0.15) is 0 Å². The fourth-order valence-corrected chi connectivity index (χ4v) is 1.67. The van der Waals surface area contributed by atoms with Crippen molar-refractivity contribution in [3.8, 4) is 0 Å². The molecule has 0 heteroatoms. The van der Waals surface area contributed by atoms with Gasteiger partial charge < -0.3 is 0 Å². The van der Waals surface area contributed by atoms with Crippen LogP contribution in [0.25, 0.3) is 0 Å². The normalized spacial score (nSPS) is 34.3. The first-order valence-electron chi connectivity index (χ1n) is 4.15. The molecule has 54 valence electrons. The number of hydrogen-bond acceptors (Lipinski definition) is 0.